The fourth-order valence-electron chi connectivity index (χ4n) is 0.966. The molecule has 0 saturated carbocycles. The zero-order valence-corrected chi connectivity index (χ0v) is 8.55. The van der Waals surface area contributed by atoms with Crippen molar-refractivity contribution in [2.45, 2.75) is 24.7 Å². The fraction of sp³-hybridized carbons (Fsp3) is 0.875. The van der Waals surface area contributed by atoms with Crippen molar-refractivity contribution in [3.8, 4) is 0 Å². The molecule has 0 fully saturated rings. The van der Waals surface area contributed by atoms with Crippen LogP contribution in [-0.2, 0) is 0 Å². The third-order valence-corrected chi connectivity index (χ3v) is 1.91. The molecule has 0 bridgehead atoms. The van der Waals surface area contributed by atoms with Gasteiger partial charge in [-0.2, -0.15) is 0 Å². The molecule has 7 heteroatoms. The Labute approximate surface area is 87.7 Å². The first-order valence-electron chi connectivity index (χ1n) is 4.63. The van der Waals surface area contributed by atoms with E-state index in [-0.39, 0.29) is 19.6 Å². The number of hydrogen-bond donors (Lipinski definition) is 6. The monoisotopic (exact) mass is 222 g/mol. The first kappa shape index (κ1) is 14.1. The molecule has 0 aromatic rings. The lowest BCUT2D eigenvalue weighted by Gasteiger charge is -2.22. The van der Waals surface area contributed by atoms with Gasteiger partial charge < -0.3 is 31.1 Å². The number of aliphatic hydroxyl groups is 4. The smallest absolute Gasteiger partial charge is 0.314 e. The molecular weight excluding hydrogens is 204 g/mol. The van der Waals surface area contributed by atoms with E-state index in [1.54, 1.807) is 0 Å². The van der Waals surface area contributed by atoms with Gasteiger partial charge in [-0.15, -0.1) is 0 Å². The molecule has 0 aromatic carbocycles. The second kappa shape index (κ2) is 7.41. The predicted molar refractivity (Wildman–Crippen MR) is 52.2 cm³/mol. The molecule has 15 heavy (non-hydrogen) atoms. The van der Waals surface area contributed by atoms with Crippen molar-refractivity contribution < 1.29 is 25.2 Å². The van der Waals surface area contributed by atoms with Gasteiger partial charge in [0.2, 0.25) is 0 Å². The van der Waals surface area contributed by atoms with Crippen molar-refractivity contribution in [1.82, 2.24) is 10.6 Å². The van der Waals surface area contributed by atoms with Crippen LogP contribution in [0.4, 0.5) is 4.79 Å². The Hall–Kier alpha value is -0.890. The van der Waals surface area contributed by atoms with E-state index in [4.69, 9.17) is 5.11 Å². The zero-order valence-electron chi connectivity index (χ0n) is 8.55. The predicted octanol–water partition coefficient (Wildman–Crippen LogP) is -2.62. The van der Waals surface area contributed by atoms with Crippen LogP contribution in [0.3, 0.4) is 0 Å². The molecule has 0 saturated heterocycles. The van der Waals surface area contributed by atoms with Crippen LogP contribution in [0.25, 0.3) is 0 Å². The third kappa shape index (κ3) is 5.53. The molecule has 0 heterocycles. The van der Waals surface area contributed by atoms with Crippen LogP contribution in [0, 0.1) is 0 Å². The average molecular weight is 222 g/mol. The molecule has 2 amide bonds. The van der Waals surface area contributed by atoms with E-state index in [9.17, 15) is 20.1 Å². The van der Waals surface area contributed by atoms with Gasteiger partial charge in [-0.1, -0.05) is 0 Å². The molecule has 0 aliphatic carbocycles. The number of carbonyl (C=O) groups excluding carboxylic acids is 1. The quantitative estimate of drug-likeness (QED) is 0.294. The highest BCUT2D eigenvalue weighted by molar-refractivity contribution is 5.73. The molecule has 7 nitrogen and oxygen atoms in total. The highest BCUT2D eigenvalue weighted by Crippen LogP contribution is 2.03. The van der Waals surface area contributed by atoms with Gasteiger partial charge in [0.05, 0.1) is 12.2 Å². The van der Waals surface area contributed by atoms with Crippen molar-refractivity contribution in [3.05, 3.63) is 0 Å². The minimum absolute atomic E-state index is 0.0296. The number of hydrogen-bond acceptors (Lipinski definition) is 5. The summed E-state index contributed by atoms with van der Waals surface area (Å²) in [7, 11) is 1.42. The summed E-state index contributed by atoms with van der Waals surface area (Å²) in [5, 5.41) is 40.9. The summed E-state index contributed by atoms with van der Waals surface area (Å²) >= 11 is 0. The van der Waals surface area contributed by atoms with Gasteiger partial charge in [-0.3, -0.25) is 0 Å². The second-order valence-electron chi connectivity index (χ2n) is 3.10. The van der Waals surface area contributed by atoms with Crippen molar-refractivity contribution in [2.75, 3.05) is 20.2 Å². The van der Waals surface area contributed by atoms with Crippen LogP contribution in [-0.4, -0.2) is 65.0 Å². The number of rotatable bonds is 6. The average Bonchev–Trinajstić information content (AvgIpc) is 2.24. The van der Waals surface area contributed by atoms with E-state index >= 15 is 0 Å². The Morgan fingerprint density at radius 3 is 2.33 bits per heavy atom. The maximum atomic E-state index is 10.7. The molecule has 0 rings (SSSR count). The molecule has 90 valence electrons. The first-order chi connectivity index (χ1) is 7.02. The fourth-order valence-corrected chi connectivity index (χ4v) is 0.966. The minimum Gasteiger partial charge on any atom is -0.396 e. The molecule has 0 aliphatic rings. The maximum absolute atomic E-state index is 10.7. The van der Waals surface area contributed by atoms with Crippen molar-refractivity contribution in [1.29, 1.82) is 0 Å². The molecule has 3 unspecified atom stereocenters. The molecule has 3 atom stereocenters. The van der Waals surface area contributed by atoms with Gasteiger partial charge in [0, 0.05) is 20.2 Å². The van der Waals surface area contributed by atoms with E-state index < -0.39 is 24.3 Å². The number of urea groups is 1. The summed E-state index contributed by atoms with van der Waals surface area (Å²) in [5.74, 6) is 0. The third-order valence-electron chi connectivity index (χ3n) is 1.91. The number of nitrogens with one attached hydrogen (secondary N) is 2. The van der Waals surface area contributed by atoms with Crippen LogP contribution >= 0.6 is 0 Å². The normalized spacial score (nSPS) is 16.6. The van der Waals surface area contributed by atoms with Crippen LogP contribution < -0.4 is 10.6 Å². The molecule has 0 aromatic heterocycles. The first-order valence-corrected chi connectivity index (χ1v) is 4.63. The van der Waals surface area contributed by atoms with Crippen LogP contribution in [0.5, 0.6) is 0 Å². The zero-order chi connectivity index (χ0) is 11.8. The Balaban J connectivity index is 3.87. The highest BCUT2D eigenvalue weighted by Gasteiger charge is 2.24. The SMILES string of the molecule is CNC(=O)NCC(O)C(O)C(O)CCO. The lowest BCUT2D eigenvalue weighted by atomic mass is 10.1. The minimum atomic E-state index is -1.39. The summed E-state index contributed by atoms with van der Waals surface area (Å²) in [6, 6.07) is -0.488. The summed E-state index contributed by atoms with van der Waals surface area (Å²) in [5.41, 5.74) is 0. The number of aliphatic hydroxyl groups excluding tert-OH is 4. The van der Waals surface area contributed by atoms with Gasteiger partial charge in [0.15, 0.2) is 0 Å². The van der Waals surface area contributed by atoms with E-state index in [1.807, 2.05) is 0 Å². The number of carbonyl (C=O) groups is 1. The van der Waals surface area contributed by atoms with E-state index in [0.29, 0.717) is 0 Å². The Bertz CT molecular complexity index is 190. The van der Waals surface area contributed by atoms with E-state index in [2.05, 4.69) is 10.6 Å². The van der Waals surface area contributed by atoms with E-state index in [0.717, 1.165) is 0 Å². The molecule has 6 N–H and O–H groups in total. The van der Waals surface area contributed by atoms with Crippen LogP contribution in [0.15, 0.2) is 0 Å². The van der Waals surface area contributed by atoms with Crippen molar-refractivity contribution in [2.24, 2.45) is 0 Å². The van der Waals surface area contributed by atoms with E-state index in [1.165, 1.54) is 7.05 Å². The van der Waals surface area contributed by atoms with Gasteiger partial charge in [-0.25, -0.2) is 4.79 Å². The van der Waals surface area contributed by atoms with Crippen molar-refractivity contribution in [3.63, 3.8) is 0 Å². The topological polar surface area (TPSA) is 122 Å². The second-order valence-corrected chi connectivity index (χ2v) is 3.10. The lowest BCUT2D eigenvalue weighted by Crippen LogP contribution is -2.46. The standard InChI is InChI=1S/C8H18N2O5/c1-9-8(15)10-4-6(13)7(14)5(12)2-3-11/h5-7,11-14H,2-4H2,1H3,(H2,9,10,15). The van der Waals surface area contributed by atoms with Gasteiger partial charge in [0.1, 0.15) is 6.10 Å². The Morgan fingerprint density at radius 2 is 1.87 bits per heavy atom. The lowest BCUT2D eigenvalue weighted by molar-refractivity contribution is -0.0634. The highest BCUT2D eigenvalue weighted by atomic mass is 16.4. The van der Waals surface area contributed by atoms with Crippen molar-refractivity contribution >= 4 is 6.03 Å². The molecule has 0 radical (unpaired) electrons. The molecular formula is C8H18N2O5. The summed E-state index contributed by atoms with van der Waals surface area (Å²) in [4.78, 5) is 10.7. The maximum Gasteiger partial charge on any atom is 0.314 e. The largest absolute Gasteiger partial charge is 0.396 e. The number of amides is 2. The molecule has 0 spiro atoms. The Morgan fingerprint density at radius 1 is 1.27 bits per heavy atom. The molecule has 0 aliphatic heterocycles. The van der Waals surface area contributed by atoms with Gasteiger partial charge in [0.25, 0.3) is 0 Å². The summed E-state index contributed by atoms with van der Waals surface area (Å²) < 4.78 is 0. The summed E-state index contributed by atoms with van der Waals surface area (Å²) in [6.07, 6.45) is -3.91. The van der Waals surface area contributed by atoms with Crippen LogP contribution in [0.2, 0.25) is 0 Å². The Kier molecular flexibility index (Phi) is 6.97. The van der Waals surface area contributed by atoms with Gasteiger partial charge in [-0.05, 0) is 6.42 Å². The van der Waals surface area contributed by atoms with Gasteiger partial charge >= 0.3 is 6.03 Å². The van der Waals surface area contributed by atoms with Crippen LogP contribution in [0.1, 0.15) is 6.42 Å². The summed E-state index contributed by atoms with van der Waals surface area (Å²) in [6.45, 7) is -0.461.